The molecule has 0 spiro atoms. The minimum atomic E-state index is -1.29. The van der Waals surface area contributed by atoms with Crippen LogP contribution in [0.15, 0.2) is 60.9 Å². The number of ketones is 1. The van der Waals surface area contributed by atoms with Gasteiger partial charge in [-0.1, -0.05) is 36.4 Å². The summed E-state index contributed by atoms with van der Waals surface area (Å²) in [6.07, 6.45) is 0.508. The van der Waals surface area contributed by atoms with Gasteiger partial charge in [0.25, 0.3) is 0 Å². The van der Waals surface area contributed by atoms with Crippen LogP contribution in [0.25, 0.3) is 21.8 Å². The number of halogens is 1. The minimum absolute atomic E-state index is 0.0230. The molecule has 0 fully saturated rings. The van der Waals surface area contributed by atoms with Crippen molar-refractivity contribution in [2.45, 2.75) is 72.5 Å². The third kappa shape index (κ3) is 6.60. The van der Waals surface area contributed by atoms with Gasteiger partial charge in [-0.05, 0) is 83.2 Å². The van der Waals surface area contributed by atoms with Gasteiger partial charge in [-0.3, -0.25) is 18.5 Å². The Morgan fingerprint density at radius 2 is 1.37 bits per heavy atom. The highest BCUT2D eigenvalue weighted by atomic mass is 127. The number of hydrogen-bond donors (Lipinski definition) is 1. The smallest absolute Gasteiger partial charge is 0.419 e. The number of hydrogen-bond acceptors (Lipinski definition) is 8. The van der Waals surface area contributed by atoms with E-state index in [9.17, 15) is 19.5 Å². The lowest BCUT2D eigenvalue weighted by atomic mass is 10.1. The Balaban J connectivity index is 1.63. The van der Waals surface area contributed by atoms with Crippen molar-refractivity contribution in [1.29, 1.82) is 0 Å². The summed E-state index contributed by atoms with van der Waals surface area (Å²) in [5.74, 6) is -0.444. The lowest BCUT2D eigenvalue weighted by molar-refractivity contribution is 0.0532. The van der Waals surface area contributed by atoms with Crippen LogP contribution < -0.4 is 0 Å². The molecular formula is C34H37IN4O7. The number of aliphatic hydroxyl groups is 1. The summed E-state index contributed by atoms with van der Waals surface area (Å²) in [6.45, 7) is 12.7. The van der Waals surface area contributed by atoms with Crippen LogP contribution in [0.4, 0.5) is 9.59 Å². The highest BCUT2D eigenvalue weighted by Crippen LogP contribution is 2.35. The van der Waals surface area contributed by atoms with Gasteiger partial charge in [0.2, 0.25) is 5.78 Å². The van der Waals surface area contributed by atoms with E-state index >= 15 is 0 Å². The molecule has 12 heteroatoms. The Hall–Kier alpha value is -4.01. The molecule has 0 aliphatic rings. The van der Waals surface area contributed by atoms with Gasteiger partial charge in [0.1, 0.15) is 27.7 Å². The van der Waals surface area contributed by atoms with Crippen LogP contribution in [-0.2, 0) is 20.9 Å². The number of carbonyl (C=O) groups is 3. The molecule has 0 aliphatic heterocycles. The first-order valence-electron chi connectivity index (χ1n) is 14.8. The third-order valence-corrected chi connectivity index (χ3v) is 7.82. The zero-order valence-corrected chi connectivity index (χ0v) is 29.0. The summed E-state index contributed by atoms with van der Waals surface area (Å²) >= 11 is 1.99. The predicted octanol–water partition coefficient (Wildman–Crippen LogP) is 7.27. The lowest BCUT2D eigenvalue weighted by Crippen LogP contribution is -2.26. The fraction of sp³-hybridized carbons (Fsp3) is 0.353. The molecule has 0 aliphatic carbocycles. The first-order valence-corrected chi connectivity index (χ1v) is 15.9. The predicted molar refractivity (Wildman–Crippen MR) is 181 cm³/mol. The van der Waals surface area contributed by atoms with Crippen LogP contribution in [0, 0.1) is 3.70 Å². The molecule has 5 aromatic rings. The number of aliphatic hydroxyl groups excluding tert-OH is 1. The second-order valence-electron chi connectivity index (χ2n) is 12.8. The fourth-order valence-corrected chi connectivity index (χ4v) is 5.97. The van der Waals surface area contributed by atoms with E-state index in [4.69, 9.17) is 14.2 Å². The van der Waals surface area contributed by atoms with Gasteiger partial charge in [-0.25, -0.2) is 14.6 Å². The standard InChI is InChI=1S/C34H37IN4O7/c1-8-44-19-39-26(27(40)22-17-37(31(42)45-33(2,3)4)24-15-11-9-13-20(22)24)29(35)36-30(39)28(41)23-18-38(32(43)46-34(5,6)7)25-16-12-10-14-21(23)25/h9-18,27,40H,8,19H2,1-7H3. The lowest BCUT2D eigenvalue weighted by Gasteiger charge is -2.19. The molecule has 1 unspecified atom stereocenters. The molecule has 3 aromatic heterocycles. The molecule has 1 atom stereocenters. The number of ether oxygens (including phenoxy) is 3. The molecule has 1 N–H and O–H groups in total. The summed E-state index contributed by atoms with van der Waals surface area (Å²) in [4.78, 5) is 45.1. The summed E-state index contributed by atoms with van der Waals surface area (Å²) < 4.78 is 21.6. The molecule has 3 heterocycles. The molecule has 46 heavy (non-hydrogen) atoms. The molecule has 0 saturated carbocycles. The molecule has 0 bridgehead atoms. The second-order valence-corrected chi connectivity index (χ2v) is 13.8. The van der Waals surface area contributed by atoms with E-state index in [2.05, 4.69) is 4.98 Å². The minimum Gasteiger partial charge on any atom is -0.443 e. The zero-order chi connectivity index (χ0) is 33.6. The number of aromatic nitrogens is 4. The van der Waals surface area contributed by atoms with Crippen molar-refractivity contribution in [2.24, 2.45) is 0 Å². The number of carbonyl (C=O) groups excluding carboxylic acids is 3. The quantitative estimate of drug-likeness (QED) is 0.136. The van der Waals surface area contributed by atoms with Crippen LogP contribution >= 0.6 is 22.6 Å². The van der Waals surface area contributed by atoms with E-state index in [0.29, 0.717) is 43.4 Å². The van der Waals surface area contributed by atoms with Gasteiger partial charge in [-0.2, -0.15) is 0 Å². The average molecular weight is 741 g/mol. The SMILES string of the molecule is CCOCn1c(C(=O)c2cn(C(=O)OC(C)(C)C)c3ccccc23)nc(I)c1C(O)c1cn(C(=O)OC(C)(C)C)c2ccccc12. The number of fused-ring (bicyclic) bond motifs is 2. The van der Waals surface area contributed by atoms with E-state index in [1.807, 2.05) is 41.6 Å². The number of imidazole rings is 1. The molecule has 0 radical (unpaired) electrons. The molecular weight excluding hydrogens is 703 g/mol. The summed E-state index contributed by atoms with van der Waals surface area (Å²) in [5, 5.41) is 13.1. The Labute approximate surface area is 280 Å². The summed E-state index contributed by atoms with van der Waals surface area (Å²) in [7, 11) is 0. The first kappa shape index (κ1) is 33.4. The van der Waals surface area contributed by atoms with E-state index in [1.165, 1.54) is 19.9 Å². The number of benzene rings is 2. The molecule has 2 aromatic carbocycles. The van der Waals surface area contributed by atoms with Crippen molar-refractivity contribution in [3.8, 4) is 0 Å². The maximum absolute atomic E-state index is 14.3. The van der Waals surface area contributed by atoms with Crippen LogP contribution in [0.2, 0.25) is 0 Å². The largest absolute Gasteiger partial charge is 0.443 e. The number of rotatable bonds is 7. The van der Waals surface area contributed by atoms with Crippen LogP contribution in [0.3, 0.4) is 0 Å². The highest BCUT2D eigenvalue weighted by molar-refractivity contribution is 14.1. The van der Waals surface area contributed by atoms with Gasteiger partial charge in [0.05, 0.1) is 22.3 Å². The van der Waals surface area contributed by atoms with Crippen LogP contribution in [0.1, 0.15) is 82.0 Å². The van der Waals surface area contributed by atoms with Crippen LogP contribution in [0.5, 0.6) is 0 Å². The van der Waals surface area contributed by atoms with E-state index in [1.54, 1.807) is 84.1 Å². The van der Waals surface area contributed by atoms with Gasteiger partial charge in [-0.15, -0.1) is 0 Å². The van der Waals surface area contributed by atoms with Gasteiger partial charge in [0.15, 0.2) is 5.82 Å². The summed E-state index contributed by atoms with van der Waals surface area (Å²) in [6, 6.07) is 14.2. The topological polar surface area (TPSA) is 127 Å². The maximum atomic E-state index is 14.3. The molecule has 242 valence electrons. The van der Waals surface area contributed by atoms with Gasteiger partial charge >= 0.3 is 12.2 Å². The number of para-hydroxylation sites is 2. The van der Waals surface area contributed by atoms with Crippen molar-refractivity contribution < 1.29 is 33.7 Å². The Morgan fingerprint density at radius 3 is 1.93 bits per heavy atom. The van der Waals surface area contributed by atoms with Crippen molar-refractivity contribution in [3.05, 3.63) is 87.3 Å². The molecule has 0 saturated heterocycles. The Kier molecular flexibility index (Phi) is 9.17. The second kappa shape index (κ2) is 12.6. The summed E-state index contributed by atoms with van der Waals surface area (Å²) in [5.41, 5.74) is 0.583. The molecule has 11 nitrogen and oxygen atoms in total. The molecule has 0 amide bonds. The third-order valence-electron chi connectivity index (χ3n) is 7.02. The van der Waals surface area contributed by atoms with Crippen LogP contribution in [-0.4, -0.2) is 59.6 Å². The van der Waals surface area contributed by atoms with Crippen molar-refractivity contribution in [1.82, 2.24) is 18.7 Å². The van der Waals surface area contributed by atoms with E-state index in [-0.39, 0.29) is 18.1 Å². The monoisotopic (exact) mass is 740 g/mol. The molecule has 5 rings (SSSR count). The van der Waals surface area contributed by atoms with Crippen molar-refractivity contribution in [2.75, 3.05) is 6.61 Å². The first-order chi connectivity index (χ1) is 21.6. The van der Waals surface area contributed by atoms with Gasteiger partial charge in [0, 0.05) is 35.3 Å². The van der Waals surface area contributed by atoms with Gasteiger partial charge < -0.3 is 19.3 Å². The van der Waals surface area contributed by atoms with Crippen molar-refractivity contribution in [3.63, 3.8) is 0 Å². The Bertz CT molecular complexity index is 1960. The maximum Gasteiger partial charge on any atom is 0.419 e. The van der Waals surface area contributed by atoms with E-state index < -0.39 is 35.3 Å². The Morgan fingerprint density at radius 1 is 0.848 bits per heavy atom. The van der Waals surface area contributed by atoms with E-state index in [0.717, 1.165) is 0 Å². The highest BCUT2D eigenvalue weighted by Gasteiger charge is 2.32. The zero-order valence-electron chi connectivity index (χ0n) is 26.8. The average Bonchev–Trinajstić information content (AvgIpc) is 3.65. The van der Waals surface area contributed by atoms with Crippen molar-refractivity contribution >= 4 is 62.4 Å². The normalized spacial score (nSPS) is 12.9. The number of nitrogens with zero attached hydrogens (tertiary/aromatic N) is 4. The fourth-order valence-electron chi connectivity index (χ4n) is 5.16.